The molecule has 3 N–H and O–H groups in total. The van der Waals surface area contributed by atoms with E-state index < -0.39 is 0 Å². The van der Waals surface area contributed by atoms with Crippen molar-refractivity contribution in [2.24, 2.45) is 11.7 Å². The molecule has 2 rings (SSSR count). The molecule has 0 heterocycles. The summed E-state index contributed by atoms with van der Waals surface area (Å²) in [7, 11) is 0. The van der Waals surface area contributed by atoms with Crippen LogP contribution in [0.3, 0.4) is 0 Å². The fourth-order valence-corrected chi connectivity index (χ4v) is 1.96. The van der Waals surface area contributed by atoms with Crippen LogP contribution in [0.4, 0.5) is 5.69 Å². The third-order valence-electron chi connectivity index (χ3n) is 3.02. The molecule has 0 aromatic heterocycles. The number of nitrogens with two attached hydrogens (primary N) is 1. The van der Waals surface area contributed by atoms with Gasteiger partial charge in [-0.25, -0.2) is 0 Å². The molecule has 1 aliphatic carbocycles. The normalized spacial score (nSPS) is 15.8. The minimum atomic E-state index is -0.161. The van der Waals surface area contributed by atoms with E-state index >= 15 is 0 Å². The van der Waals surface area contributed by atoms with E-state index in [4.69, 9.17) is 22.6 Å². The standard InChI is InChI=1S/C13H14ClN3O/c14-10-4-1-8(7-15)5-12(10)17-13(18)6-11(16)9-2-3-9/h1,4-5,9,11H,2-3,6,16H2,(H,17,18). The smallest absolute Gasteiger partial charge is 0.225 e. The second-order valence-corrected chi connectivity index (χ2v) is 4.97. The molecule has 1 atom stereocenters. The van der Waals surface area contributed by atoms with Crippen LogP contribution in [0.2, 0.25) is 5.02 Å². The first kappa shape index (κ1) is 12.9. The van der Waals surface area contributed by atoms with Crippen molar-refractivity contribution in [3.8, 4) is 6.07 Å². The first-order valence-corrected chi connectivity index (χ1v) is 6.23. The number of benzene rings is 1. The Hall–Kier alpha value is -1.57. The van der Waals surface area contributed by atoms with Crippen LogP contribution in [0.15, 0.2) is 18.2 Å². The van der Waals surface area contributed by atoms with Gasteiger partial charge >= 0.3 is 0 Å². The Labute approximate surface area is 111 Å². The Bertz CT molecular complexity index is 505. The van der Waals surface area contributed by atoms with Crippen molar-refractivity contribution >= 4 is 23.2 Å². The molecule has 0 aliphatic heterocycles. The number of nitrogens with zero attached hydrogens (tertiary/aromatic N) is 1. The summed E-state index contributed by atoms with van der Waals surface area (Å²) in [4.78, 5) is 11.8. The van der Waals surface area contributed by atoms with Gasteiger partial charge in [-0.2, -0.15) is 5.26 Å². The maximum Gasteiger partial charge on any atom is 0.225 e. The zero-order valence-electron chi connectivity index (χ0n) is 9.82. The topological polar surface area (TPSA) is 78.9 Å². The second kappa shape index (κ2) is 5.38. The number of amides is 1. The fourth-order valence-electron chi connectivity index (χ4n) is 1.80. The molecule has 5 heteroatoms. The minimum absolute atomic E-state index is 0.0806. The van der Waals surface area contributed by atoms with Crippen molar-refractivity contribution in [2.75, 3.05) is 5.32 Å². The lowest BCUT2D eigenvalue weighted by Crippen LogP contribution is -2.28. The van der Waals surface area contributed by atoms with E-state index in [0.717, 1.165) is 12.8 Å². The molecule has 4 nitrogen and oxygen atoms in total. The van der Waals surface area contributed by atoms with E-state index in [-0.39, 0.29) is 18.4 Å². The van der Waals surface area contributed by atoms with Gasteiger partial charge in [0.2, 0.25) is 5.91 Å². The van der Waals surface area contributed by atoms with Gasteiger partial charge in [-0.05, 0) is 37.0 Å². The number of anilines is 1. The van der Waals surface area contributed by atoms with Crippen molar-refractivity contribution in [3.05, 3.63) is 28.8 Å². The molecule has 1 aromatic rings. The van der Waals surface area contributed by atoms with Crippen LogP contribution in [0.1, 0.15) is 24.8 Å². The van der Waals surface area contributed by atoms with Crippen LogP contribution < -0.4 is 11.1 Å². The highest BCUT2D eigenvalue weighted by Crippen LogP contribution is 2.33. The van der Waals surface area contributed by atoms with Crippen LogP contribution in [-0.2, 0) is 4.79 Å². The SMILES string of the molecule is N#Cc1ccc(Cl)c(NC(=O)CC(N)C2CC2)c1. The first-order valence-electron chi connectivity index (χ1n) is 5.85. The van der Waals surface area contributed by atoms with Crippen LogP contribution in [0.5, 0.6) is 0 Å². The Morgan fingerprint density at radius 2 is 2.33 bits per heavy atom. The summed E-state index contributed by atoms with van der Waals surface area (Å²) >= 11 is 5.95. The highest BCUT2D eigenvalue weighted by Gasteiger charge is 2.29. The van der Waals surface area contributed by atoms with E-state index in [1.165, 1.54) is 0 Å². The number of hydrogen-bond donors (Lipinski definition) is 2. The van der Waals surface area contributed by atoms with Crippen LogP contribution in [0.25, 0.3) is 0 Å². The number of rotatable bonds is 4. The van der Waals surface area contributed by atoms with Crippen molar-refractivity contribution < 1.29 is 4.79 Å². The maximum absolute atomic E-state index is 11.8. The molecule has 18 heavy (non-hydrogen) atoms. The van der Waals surface area contributed by atoms with Gasteiger partial charge in [0.05, 0.1) is 22.3 Å². The number of carbonyl (C=O) groups is 1. The first-order chi connectivity index (χ1) is 8.60. The van der Waals surface area contributed by atoms with Crippen molar-refractivity contribution in [1.82, 2.24) is 0 Å². The Kier molecular flexibility index (Phi) is 3.85. The monoisotopic (exact) mass is 263 g/mol. The largest absolute Gasteiger partial charge is 0.327 e. The highest BCUT2D eigenvalue weighted by molar-refractivity contribution is 6.33. The van der Waals surface area contributed by atoms with E-state index in [1.54, 1.807) is 18.2 Å². The Balaban J connectivity index is 1.99. The zero-order valence-corrected chi connectivity index (χ0v) is 10.6. The summed E-state index contributed by atoms with van der Waals surface area (Å²) in [5.74, 6) is 0.322. The summed E-state index contributed by atoms with van der Waals surface area (Å²) in [5, 5.41) is 11.9. The van der Waals surface area contributed by atoms with E-state index in [9.17, 15) is 4.79 Å². The summed E-state index contributed by atoms with van der Waals surface area (Å²) in [6.45, 7) is 0. The Morgan fingerprint density at radius 3 is 2.94 bits per heavy atom. The lowest BCUT2D eigenvalue weighted by molar-refractivity contribution is -0.116. The third kappa shape index (κ3) is 3.22. The molecule has 0 saturated heterocycles. The molecule has 0 bridgehead atoms. The molecule has 1 fully saturated rings. The maximum atomic E-state index is 11.8. The third-order valence-corrected chi connectivity index (χ3v) is 3.35. The highest BCUT2D eigenvalue weighted by atomic mass is 35.5. The van der Waals surface area contributed by atoms with Crippen LogP contribution >= 0.6 is 11.6 Å². The van der Waals surface area contributed by atoms with Gasteiger partial charge in [-0.3, -0.25) is 4.79 Å². The number of hydrogen-bond acceptors (Lipinski definition) is 3. The summed E-state index contributed by atoms with van der Waals surface area (Å²) in [6.07, 6.45) is 2.51. The van der Waals surface area contributed by atoms with E-state index in [0.29, 0.717) is 22.2 Å². The molecule has 1 aliphatic rings. The van der Waals surface area contributed by atoms with Gasteiger partial charge in [0.25, 0.3) is 0 Å². The summed E-state index contributed by atoms with van der Waals surface area (Å²) in [6, 6.07) is 6.68. The summed E-state index contributed by atoms with van der Waals surface area (Å²) in [5.41, 5.74) is 6.80. The minimum Gasteiger partial charge on any atom is -0.327 e. The van der Waals surface area contributed by atoms with Gasteiger partial charge in [0.15, 0.2) is 0 Å². The van der Waals surface area contributed by atoms with Crippen molar-refractivity contribution in [2.45, 2.75) is 25.3 Å². The molecule has 1 aromatic carbocycles. The van der Waals surface area contributed by atoms with Crippen LogP contribution in [-0.4, -0.2) is 11.9 Å². The summed E-state index contributed by atoms with van der Waals surface area (Å²) < 4.78 is 0. The lowest BCUT2D eigenvalue weighted by Gasteiger charge is -2.11. The Morgan fingerprint density at radius 1 is 1.61 bits per heavy atom. The average molecular weight is 264 g/mol. The molecule has 1 unspecified atom stereocenters. The quantitative estimate of drug-likeness (QED) is 0.875. The van der Waals surface area contributed by atoms with Gasteiger partial charge in [0.1, 0.15) is 0 Å². The number of carbonyl (C=O) groups excluding carboxylic acids is 1. The van der Waals surface area contributed by atoms with Gasteiger partial charge < -0.3 is 11.1 Å². The van der Waals surface area contributed by atoms with Gasteiger partial charge in [-0.1, -0.05) is 11.6 Å². The molecule has 0 radical (unpaired) electrons. The molecule has 1 saturated carbocycles. The second-order valence-electron chi connectivity index (χ2n) is 4.56. The van der Waals surface area contributed by atoms with Gasteiger partial charge in [0, 0.05) is 12.5 Å². The van der Waals surface area contributed by atoms with Crippen molar-refractivity contribution in [3.63, 3.8) is 0 Å². The predicted molar refractivity (Wildman–Crippen MR) is 70.1 cm³/mol. The van der Waals surface area contributed by atoms with Crippen LogP contribution in [0, 0.1) is 17.2 Å². The molecule has 1 amide bonds. The van der Waals surface area contributed by atoms with Crippen molar-refractivity contribution in [1.29, 1.82) is 5.26 Å². The lowest BCUT2D eigenvalue weighted by atomic mass is 10.1. The number of nitrogens with one attached hydrogen (secondary N) is 1. The predicted octanol–water partition coefficient (Wildman–Crippen LogP) is 2.28. The molecule has 0 spiro atoms. The fraction of sp³-hybridized carbons (Fsp3) is 0.385. The molecular formula is C13H14ClN3O. The molecular weight excluding hydrogens is 250 g/mol. The zero-order chi connectivity index (χ0) is 13.1. The average Bonchev–Trinajstić information content (AvgIpc) is 3.15. The number of nitriles is 1. The van der Waals surface area contributed by atoms with Gasteiger partial charge in [-0.15, -0.1) is 0 Å². The van der Waals surface area contributed by atoms with E-state index in [1.807, 2.05) is 6.07 Å². The van der Waals surface area contributed by atoms with E-state index in [2.05, 4.69) is 5.32 Å². The number of halogens is 1. The molecule has 94 valence electrons.